The summed E-state index contributed by atoms with van der Waals surface area (Å²) >= 11 is 0. The molecule has 0 bridgehead atoms. The minimum absolute atomic E-state index is 0.0560. The molecule has 2 aromatic heterocycles. The van der Waals surface area contributed by atoms with Crippen molar-refractivity contribution in [2.45, 2.75) is 19.3 Å². The molecule has 2 amide bonds. The summed E-state index contributed by atoms with van der Waals surface area (Å²) in [4.78, 5) is 39.7. The molecule has 2 aliphatic heterocycles. The molecule has 1 N–H and O–H groups in total. The van der Waals surface area contributed by atoms with Crippen molar-refractivity contribution in [1.29, 1.82) is 0 Å². The van der Waals surface area contributed by atoms with Gasteiger partial charge in [0.15, 0.2) is 0 Å². The number of hydrogen-bond acceptors (Lipinski definition) is 6. The number of carbonyl (C=O) groups is 2. The fourth-order valence-electron chi connectivity index (χ4n) is 3.93. The third kappa shape index (κ3) is 5.13. The van der Waals surface area contributed by atoms with Crippen molar-refractivity contribution >= 4 is 23.3 Å². The highest BCUT2D eigenvalue weighted by molar-refractivity contribution is 5.93. The van der Waals surface area contributed by atoms with E-state index >= 15 is 0 Å². The Morgan fingerprint density at radius 3 is 2.37 bits per heavy atom. The topological polar surface area (TPSA) is 81.7 Å². The molecular formula is C22H28N6O2. The lowest BCUT2D eigenvalue weighted by Crippen LogP contribution is -2.50. The summed E-state index contributed by atoms with van der Waals surface area (Å²) in [7, 11) is 0. The predicted molar refractivity (Wildman–Crippen MR) is 116 cm³/mol. The van der Waals surface area contributed by atoms with E-state index in [-0.39, 0.29) is 11.8 Å². The number of hydrogen-bond donors (Lipinski definition) is 1. The van der Waals surface area contributed by atoms with E-state index in [9.17, 15) is 9.59 Å². The van der Waals surface area contributed by atoms with E-state index in [1.807, 2.05) is 18.2 Å². The molecule has 8 heteroatoms. The average Bonchev–Trinajstić information content (AvgIpc) is 2.81. The fourth-order valence-corrected chi connectivity index (χ4v) is 3.93. The van der Waals surface area contributed by atoms with Gasteiger partial charge in [-0.25, -0.2) is 4.98 Å². The molecule has 0 radical (unpaired) electrons. The first-order chi connectivity index (χ1) is 14.7. The molecule has 0 aromatic carbocycles. The van der Waals surface area contributed by atoms with Crippen LogP contribution in [0.5, 0.6) is 0 Å². The van der Waals surface area contributed by atoms with E-state index in [0.717, 1.165) is 18.9 Å². The van der Waals surface area contributed by atoms with Gasteiger partial charge in [-0.05, 0) is 43.5 Å². The van der Waals surface area contributed by atoms with Gasteiger partial charge in [0.2, 0.25) is 5.91 Å². The molecule has 2 saturated heterocycles. The molecule has 0 atom stereocenters. The molecule has 2 aliphatic rings. The van der Waals surface area contributed by atoms with Gasteiger partial charge in [-0.1, -0.05) is 6.07 Å². The quantitative estimate of drug-likeness (QED) is 0.813. The molecule has 2 fully saturated rings. The highest BCUT2D eigenvalue weighted by atomic mass is 16.2. The van der Waals surface area contributed by atoms with E-state index in [2.05, 4.69) is 25.1 Å². The summed E-state index contributed by atoms with van der Waals surface area (Å²) in [5, 5.41) is 2.93. The molecule has 4 heterocycles. The lowest BCUT2D eigenvalue weighted by molar-refractivity contribution is -0.117. The Labute approximate surface area is 176 Å². The van der Waals surface area contributed by atoms with Crippen LogP contribution in [0.25, 0.3) is 0 Å². The van der Waals surface area contributed by atoms with Crippen LogP contribution in [0.4, 0.5) is 11.5 Å². The minimum atomic E-state index is -0.0629. The molecule has 4 rings (SSSR count). The summed E-state index contributed by atoms with van der Waals surface area (Å²) in [6.45, 7) is 4.92. The zero-order valence-electron chi connectivity index (χ0n) is 17.2. The first kappa shape index (κ1) is 20.3. The van der Waals surface area contributed by atoms with Crippen molar-refractivity contribution < 1.29 is 9.59 Å². The minimum Gasteiger partial charge on any atom is -0.357 e. The van der Waals surface area contributed by atoms with Crippen molar-refractivity contribution in [2.75, 3.05) is 56.0 Å². The molecule has 158 valence electrons. The molecule has 8 nitrogen and oxygen atoms in total. The second kappa shape index (κ2) is 9.67. The standard InChI is InChI=1S/C22H28N6O2/c29-21(25-18-7-8-20(24-16-18)27-10-4-1-5-11-27)17-26-12-14-28(15-13-26)22(30)19-6-2-3-9-23-19/h2-3,6-9,16H,1,4-5,10-15,17H2,(H,25,29). The summed E-state index contributed by atoms with van der Waals surface area (Å²) in [6.07, 6.45) is 7.06. The van der Waals surface area contributed by atoms with Crippen molar-refractivity contribution in [3.63, 3.8) is 0 Å². The Balaban J connectivity index is 1.22. The van der Waals surface area contributed by atoms with E-state index in [1.165, 1.54) is 19.3 Å². The van der Waals surface area contributed by atoms with Crippen LogP contribution in [0.2, 0.25) is 0 Å². The van der Waals surface area contributed by atoms with Gasteiger partial charge in [-0.2, -0.15) is 0 Å². The van der Waals surface area contributed by atoms with Gasteiger partial charge in [0.05, 0.1) is 18.4 Å². The van der Waals surface area contributed by atoms with Crippen molar-refractivity contribution in [3.05, 3.63) is 48.4 Å². The van der Waals surface area contributed by atoms with Crippen LogP contribution in [0.1, 0.15) is 29.8 Å². The SMILES string of the molecule is O=C(CN1CCN(C(=O)c2ccccn2)CC1)Nc1ccc(N2CCCCC2)nc1. The van der Waals surface area contributed by atoms with Crippen LogP contribution >= 0.6 is 0 Å². The normalized spacial score (nSPS) is 17.6. The molecular weight excluding hydrogens is 380 g/mol. The Hall–Kier alpha value is -3.00. The molecule has 0 aliphatic carbocycles. The first-order valence-electron chi connectivity index (χ1n) is 10.6. The van der Waals surface area contributed by atoms with Crippen LogP contribution in [0.15, 0.2) is 42.7 Å². The van der Waals surface area contributed by atoms with Crippen LogP contribution in [-0.2, 0) is 4.79 Å². The van der Waals surface area contributed by atoms with Crippen molar-refractivity contribution in [2.24, 2.45) is 0 Å². The third-order valence-corrected chi connectivity index (χ3v) is 5.62. The Morgan fingerprint density at radius 1 is 0.900 bits per heavy atom. The van der Waals surface area contributed by atoms with Crippen LogP contribution in [-0.4, -0.2) is 77.4 Å². The highest BCUT2D eigenvalue weighted by Crippen LogP contribution is 2.19. The van der Waals surface area contributed by atoms with Crippen molar-refractivity contribution in [1.82, 2.24) is 19.8 Å². The second-order valence-electron chi connectivity index (χ2n) is 7.78. The van der Waals surface area contributed by atoms with Gasteiger partial charge in [0, 0.05) is 45.5 Å². The Morgan fingerprint density at radius 2 is 1.70 bits per heavy atom. The van der Waals surface area contributed by atoms with Gasteiger partial charge in [0.25, 0.3) is 5.91 Å². The number of piperazine rings is 1. The van der Waals surface area contributed by atoms with E-state index in [0.29, 0.717) is 44.1 Å². The number of amides is 2. The molecule has 30 heavy (non-hydrogen) atoms. The van der Waals surface area contributed by atoms with Gasteiger partial charge < -0.3 is 15.1 Å². The monoisotopic (exact) mass is 408 g/mol. The maximum absolute atomic E-state index is 12.5. The number of aromatic nitrogens is 2. The number of rotatable bonds is 5. The van der Waals surface area contributed by atoms with E-state index in [1.54, 1.807) is 29.4 Å². The second-order valence-corrected chi connectivity index (χ2v) is 7.78. The molecule has 2 aromatic rings. The zero-order valence-corrected chi connectivity index (χ0v) is 17.2. The lowest BCUT2D eigenvalue weighted by atomic mass is 10.1. The van der Waals surface area contributed by atoms with Gasteiger partial charge >= 0.3 is 0 Å². The number of pyridine rings is 2. The molecule has 0 spiro atoms. The number of carbonyl (C=O) groups excluding carboxylic acids is 2. The number of nitrogens with one attached hydrogen (secondary N) is 1. The van der Waals surface area contributed by atoms with Crippen LogP contribution in [0.3, 0.4) is 0 Å². The smallest absolute Gasteiger partial charge is 0.272 e. The molecule has 0 unspecified atom stereocenters. The van der Waals surface area contributed by atoms with Gasteiger partial charge in [0.1, 0.15) is 11.5 Å². The zero-order chi connectivity index (χ0) is 20.8. The third-order valence-electron chi connectivity index (χ3n) is 5.62. The Kier molecular flexibility index (Phi) is 6.53. The first-order valence-corrected chi connectivity index (χ1v) is 10.6. The maximum atomic E-state index is 12.5. The highest BCUT2D eigenvalue weighted by Gasteiger charge is 2.24. The summed E-state index contributed by atoms with van der Waals surface area (Å²) in [5.41, 5.74) is 1.17. The summed E-state index contributed by atoms with van der Waals surface area (Å²) in [5.74, 6) is 0.855. The van der Waals surface area contributed by atoms with Gasteiger partial charge in [-0.15, -0.1) is 0 Å². The number of piperidine rings is 1. The maximum Gasteiger partial charge on any atom is 0.272 e. The van der Waals surface area contributed by atoms with Crippen LogP contribution in [0, 0.1) is 0 Å². The van der Waals surface area contributed by atoms with Gasteiger partial charge in [-0.3, -0.25) is 19.5 Å². The number of anilines is 2. The van der Waals surface area contributed by atoms with Crippen molar-refractivity contribution in [3.8, 4) is 0 Å². The predicted octanol–water partition coefficient (Wildman–Crippen LogP) is 1.86. The molecule has 0 saturated carbocycles. The largest absolute Gasteiger partial charge is 0.357 e. The van der Waals surface area contributed by atoms with E-state index in [4.69, 9.17) is 0 Å². The lowest BCUT2D eigenvalue weighted by Gasteiger charge is -2.34. The summed E-state index contributed by atoms with van der Waals surface area (Å²) in [6, 6.07) is 9.23. The average molecular weight is 409 g/mol. The van der Waals surface area contributed by atoms with E-state index < -0.39 is 0 Å². The van der Waals surface area contributed by atoms with Crippen LogP contribution < -0.4 is 10.2 Å². The fraction of sp³-hybridized carbons (Fsp3) is 0.455. The number of nitrogens with zero attached hydrogens (tertiary/aromatic N) is 5. The Bertz CT molecular complexity index is 844. The summed E-state index contributed by atoms with van der Waals surface area (Å²) < 4.78 is 0.